The highest BCUT2D eigenvalue weighted by Gasteiger charge is 2.32. The lowest BCUT2D eigenvalue weighted by Crippen LogP contribution is -2.34. The van der Waals surface area contributed by atoms with Crippen molar-refractivity contribution in [2.24, 2.45) is 11.3 Å². The first kappa shape index (κ1) is 16.5. The van der Waals surface area contributed by atoms with E-state index in [1.54, 1.807) is 0 Å². The largest absolute Gasteiger partial charge is 0.312 e. The average Bonchev–Trinajstić information content (AvgIpc) is 2.85. The molecule has 0 amide bonds. The van der Waals surface area contributed by atoms with Crippen LogP contribution in [0.25, 0.3) is 0 Å². The van der Waals surface area contributed by atoms with Crippen LogP contribution in [-0.2, 0) is 0 Å². The molecule has 21 heavy (non-hydrogen) atoms. The molecule has 1 fully saturated rings. The van der Waals surface area contributed by atoms with Gasteiger partial charge < -0.3 is 10.2 Å². The molecule has 1 aromatic rings. The van der Waals surface area contributed by atoms with Crippen LogP contribution in [0.1, 0.15) is 49.9 Å². The molecule has 1 aliphatic heterocycles. The summed E-state index contributed by atoms with van der Waals surface area (Å²) < 4.78 is 0. The minimum atomic E-state index is 0.434. The van der Waals surface area contributed by atoms with E-state index in [9.17, 15) is 0 Å². The average molecular weight is 288 g/mol. The van der Waals surface area contributed by atoms with Crippen molar-refractivity contribution in [2.75, 3.05) is 26.7 Å². The van der Waals surface area contributed by atoms with Crippen molar-refractivity contribution in [1.82, 2.24) is 10.2 Å². The molecular weight excluding hydrogens is 256 g/mol. The summed E-state index contributed by atoms with van der Waals surface area (Å²) in [6, 6.07) is 7.25. The summed E-state index contributed by atoms with van der Waals surface area (Å²) >= 11 is 0. The minimum Gasteiger partial charge on any atom is -0.312 e. The molecule has 2 atom stereocenters. The van der Waals surface area contributed by atoms with Gasteiger partial charge in [0.25, 0.3) is 0 Å². The van der Waals surface area contributed by atoms with Crippen LogP contribution in [0.2, 0.25) is 0 Å². The smallest absolute Gasteiger partial charge is 0.0449 e. The lowest BCUT2D eigenvalue weighted by atomic mass is 9.80. The van der Waals surface area contributed by atoms with Crippen LogP contribution in [0, 0.1) is 25.2 Å². The molecule has 0 bridgehead atoms. The molecular formula is C19H32N2. The highest BCUT2D eigenvalue weighted by Crippen LogP contribution is 2.34. The first-order chi connectivity index (χ1) is 9.81. The van der Waals surface area contributed by atoms with Crippen LogP contribution in [0.15, 0.2) is 18.2 Å². The Labute approximate surface area is 130 Å². The van der Waals surface area contributed by atoms with E-state index in [1.165, 1.54) is 36.2 Å². The molecule has 0 aromatic heterocycles. The first-order valence-corrected chi connectivity index (χ1v) is 8.28. The molecule has 118 valence electrons. The zero-order valence-electron chi connectivity index (χ0n) is 14.7. The predicted molar refractivity (Wildman–Crippen MR) is 91.7 cm³/mol. The fourth-order valence-corrected chi connectivity index (χ4v) is 3.53. The van der Waals surface area contributed by atoms with Gasteiger partial charge in [-0.1, -0.05) is 44.5 Å². The van der Waals surface area contributed by atoms with E-state index in [0.29, 0.717) is 11.5 Å². The fraction of sp³-hybridized carbons (Fsp3) is 0.684. The van der Waals surface area contributed by atoms with E-state index >= 15 is 0 Å². The topological polar surface area (TPSA) is 15.3 Å². The van der Waals surface area contributed by atoms with Crippen LogP contribution in [0.3, 0.4) is 0 Å². The van der Waals surface area contributed by atoms with E-state index in [-0.39, 0.29) is 0 Å². The summed E-state index contributed by atoms with van der Waals surface area (Å²) in [5.41, 5.74) is 4.63. The second kappa shape index (κ2) is 6.50. The number of rotatable bonds is 4. The number of benzene rings is 1. The number of likely N-dealkylation sites (N-methyl/N-ethyl adjacent to an activating group) is 1. The SMILES string of the molecule is CNC(CN1CCC(C(C)(C)C)C1)c1ccc(C)cc1C. The molecule has 0 saturated carbocycles. The number of hydrogen-bond donors (Lipinski definition) is 1. The Morgan fingerprint density at radius 2 is 2.00 bits per heavy atom. The number of aryl methyl sites for hydroxylation is 2. The molecule has 0 radical (unpaired) electrons. The molecule has 2 unspecified atom stereocenters. The molecule has 1 aliphatic rings. The van der Waals surface area contributed by atoms with E-state index in [1.807, 2.05) is 0 Å². The molecule has 0 aliphatic carbocycles. The van der Waals surface area contributed by atoms with Gasteiger partial charge in [0, 0.05) is 19.1 Å². The van der Waals surface area contributed by atoms with E-state index < -0.39 is 0 Å². The van der Waals surface area contributed by atoms with Gasteiger partial charge in [-0.15, -0.1) is 0 Å². The maximum atomic E-state index is 3.52. The minimum absolute atomic E-state index is 0.434. The van der Waals surface area contributed by atoms with Crippen molar-refractivity contribution >= 4 is 0 Å². The zero-order valence-corrected chi connectivity index (χ0v) is 14.7. The van der Waals surface area contributed by atoms with Crippen LogP contribution in [0.5, 0.6) is 0 Å². The summed E-state index contributed by atoms with van der Waals surface area (Å²) in [6.07, 6.45) is 1.34. The van der Waals surface area contributed by atoms with Gasteiger partial charge in [0.05, 0.1) is 0 Å². The van der Waals surface area contributed by atoms with Crippen molar-refractivity contribution in [3.63, 3.8) is 0 Å². The van der Waals surface area contributed by atoms with Gasteiger partial charge in [0.1, 0.15) is 0 Å². The molecule has 2 nitrogen and oxygen atoms in total. The van der Waals surface area contributed by atoms with E-state index in [0.717, 1.165) is 12.5 Å². The maximum absolute atomic E-state index is 3.52. The molecule has 2 rings (SSSR count). The van der Waals surface area contributed by atoms with E-state index in [2.05, 4.69) is 70.1 Å². The van der Waals surface area contributed by atoms with Crippen LogP contribution in [-0.4, -0.2) is 31.6 Å². The molecule has 2 heteroatoms. The highest BCUT2D eigenvalue weighted by atomic mass is 15.2. The van der Waals surface area contributed by atoms with Gasteiger partial charge in [-0.2, -0.15) is 0 Å². The molecule has 1 heterocycles. The standard InChI is InChI=1S/C19H32N2/c1-14-7-8-17(15(2)11-14)18(20-6)13-21-10-9-16(12-21)19(3,4)5/h7-8,11,16,18,20H,9-10,12-13H2,1-6H3. The van der Waals surface area contributed by atoms with Crippen molar-refractivity contribution < 1.29 is 0 Å². The molecule has 1 saturated heterocycles. The Hall–Kier alpha value is -0.860. The van der Waals surface area contributed by atoms with Gasteiger partial charge in [0.2, 0.25) is 0 Å². The van der Waals surface area contributed by atoms with Gasteiger partial charge in [-0.05, 0) is 56.3 Å². The number of likely N-dealkylation sites (tertiary alicyclic amines) is 1. The molecule has 0 spiro atoms. The zero-order chi connectivity index (χ0) is 15.6. The highest BCUT2D eigenvalue weighted by molar-refractivity contribution is 5.33. The van der Waals surface area contributed by atoms with Gasteiger partial charge in [0.15, 0.2) is 0 Å². The van der Waals surface area contributed by atoms with Gasteiger partial charge in [-0.3, -0.25) is 0 Å². The number of hydrogen-bond acceptors (Lipinski definition) is 2. The maximum Gasteiger partial charge on any atom is 0.0449 e. The van der Waals surface area contributed by atoms with E-state index in [4.69, 9.17) is 0 Å². The van der Waals surface area contributed by atoms with Crippen LogP contribution < -0.4 is 5.32 Å². The summed E-state index contributed by atoms with van der Waals surface area (Å²) in [5.74, 6) is 0.828. The Kier molecular flexibility index (Phi) is 5.11. The summed E-state index contributed by atoms with van der Waals surface area (Å²) in [4.78, 5) is 2.64. The predicted octanol–water partition coefficient (Wildman–Crippen LogP) is 3.93. The third-order valence-electron chi connectivity index (χ3n) is 5.09. The second-order valence-electron chi connectivity index (χ2n) is 7.81. The van der Waals surface area contributed by atoms with Gasteiger partial charge >= 0.3 is 0 Å². The second-order valence-corrected chi connectivity index (χ2v) is 7.81. The van der Waals surface area contributed by atoms with Crippen molar-refractivity contribution in [2.45, 2.75) is 47.1 Å². The van der Waals surface area contributed by atoms with Crippen molar-refractivity contribution in [3.8, 4) is 0 Å². The Balaban J connectivity index is 2.03. The van der Waals surface area contributed by atoms with Crippen molar-refractivity contribution in [3.05, 3.63) is 34.9 Å². The van der Waals surface area contributed by atoms with Gasteiger partial charge in [-0.25, -0.2) is 0 Å². The Bertz CT molecular complexity index is 473. The lowest BCUT2D eigenvalue weighted by molar-refractivity contribution is 0.220. The summed E-state index contributed by atoms with van der Waals surface area (Å²) in [6.45, 7) is 15.1. The quantitative estimate of drug-likeness (QED) is 0.903. The number of nitrogens with zero attached hydrogens (tertiary/aromatic N) is 1. The summed E-state index contributed by atoms with van der Waals surface area (Å²) in [5, 5.41) is 3.52. The van der Waals surface area contributed by atoms with Crippen LogP contribution in [0.4, 0.5) is 0 Å². The van der Waals surface area contributed by atoms with Crippen molar-refractivity contribution in [1.29, 1.82) is 0 Å². The third kappa shape index (κ3) is 4.08. The Morgan fingerprint density at radius 3 is 2.52 bits per heavy atom. The third-order valence-corrected chi connectivity index (χ3v) is 5.09. The summed E-state index contributed by atoms with van der Waals surface area (Å²) in [7, 11) is 2.08. The lowest BCUT2D eigenvalue weighted by Gasteiger charge is -2.29. The first-order valence-electron chi connectivity index (χ1n) is 8.28. The van der Waals surface area contributed by atoms with Crippen LogP contribution >= 0.6 is 0 Å². The molecule has 1 N–H and O–H groups in total. The molecule has 1 aromatic carbocycles. The normalized spacial score (nSPS) is 21.7. The fourth-order valence-electron chi connectivity index (χ4n) is 3.53. The Morgan fingerprint density at radius 1 is 1.29 bits per heavy atom. The number of nitrogens with one attached hydrogen (secondary N) is 1. The monoisotopic (exact) mass is 288 g/mol.